The van der Waals surface area contributed by atoms with Crippen LogP contribution in [0.3, 0.4) is 0 Å². The van der Waals surface area contributed by atoms with Gasteiger partial charge in [0.05, 0.1) is 38.6 Å². The molecule has 0 spiro atoms. The predicted molar refractivity (Wildman–Crippen MR) is 252 cm³/mol. The minimum atomic E-state index is -5.69. The predicted octanol–water partition coefficient (Wildman–Crippen LogP) is -14.2. The van der Waals surface area contributed by atoms with Crippen molar-refractivity contribution >= 4 is 22.3 Å². The van der Waals surface area contributed by atoms with Gasteiger partial charge in [-0.15, -0.1) is 0 Å². The Morgan fingerprint density at radius 3 is 1.31 bits per heavy atom. The van der Waals surface area contributed by atoms with Crippen molar-refractivity contribution in [3.63, 3.8) is 0 Å². The molecule has 7 aliphatic heterocycles. The van der Waals surface area contributed by atoms with Crippen LogP contribution in [0, 0.1) is 0 Å². The maximum absolute atomic E-state index is 12.4. The van der Waals surface area contributed by atoms with Crippen molar-refractivity contribution in [2.75, 3.05) is 26.4 Å². The fourth-order valence-electron chi connectivity index (χ4n) is 10.5. The molecule has 39 nitrogen and oxygen atoms in total. The van der Waals surface area contributed by atoms with Gasteiger partial charge in [-0.1, -0.05) is 0 Å². The van der Waals surface area contributed by atoms with Crippen LogP contribution in [0.15, 0.2) is 0 Å². The van der Waals surface area contributed by atoms with Gasteiger partial charge >= 0.3 is 16.4 Å². The molecule has 7 aliphatic rings. The van der Waals surface area contributed by atoms with Crippen molar-refractivity contribution in [3.05, 3.63) is 0 Å². The number of rotatable bonds is 20. The zero-order chi connectivity index (χ0) is 62.3. The minimum absolute atomic E-state index is 0.835. The summed E-state index contributed by atoms with van der Waals surface area (Å²) in [7, 11) is -5.69. The summed E-state index contributed by atoms with van der Waals surface area (Å²) in [6, 6.07) is -1.72. The molecule has 0 unspecified atom stereocenters. The highest BCUT2D eigenvalue weighted by molar-refractivity contribution is 7.80. The lowest BCUT2D eigenvalue weighted by atomic mass is 9.94. The summed E-state index contributed by atoms with van der Waals surface area (Å²) in [6.07, 6.45) is -73.0. The molecule has 0 aromatic heterocycles. The number of amides is 1. The summed E-state index contributed by atoms with van der Waals surface area (Å²) in [5.41, 5.74) is 0. The third-order valence-electron chi connectivity index (χ3n) is 15.0. The molecule has 1 amide bonds. The number of carboxylic acids is 1. The highest BCUT2D eigenvalue weighted by atomic mass is 32.3. The van der Waals surface area contributed by atoms with Crippen molar-refractivity contribution in [3.8, 4) is 0 Å². The van der Waals surface area contributed by atoms with E-state index in [0.717, 1.165) is 6.92 Å². The molecule has 84 heavy (non-hydrogen) atoms. The second-order valence-electron chi connectivity index (χ2n) is 20.8. The van der Waals surface area contributed by atoms with Crippen molar-refractivity contribution < 1.29 is 185 Å². The number of ether oxygens (including phenoxy) is 13. The highest BCUT2D eigenvalue weighted by Gasteiger charge is 2.60. The Labute approximate surface area is 474 Å². The Balaban J connectivity index is 1.27. The van der Waals surface area contributed by atoms with Gasteiger partial charge in [0.25, 0.3) is 0 Å². The summed E-state index contributed by atoms with van der Waals surface area (Å²) < 4.78 is 113. The van der Waals surface area contributed by atoms with Crippen LogP contribution >= 0.6 is 0 Å². The summed E-state index contributed by atoms with van der Waals surface area (Å²) >= 11 is 0. The van der Waals surface area contributed by atoms with E-state index < -0.39 is 264 Å². The van der Waals surface area contributed by atoms with Crippen molar-refractivity contribution in [2.24, 2.45) is 0 Å². The third kappa shape index (κ3) is 14.7. The molecule has 35 atom stereocenters. The number of hydrogen-bond acceptors (Lipinski definition) is 36. The van der Waals surface area contributed by atoms with E-state index in [1.807, 2.05) is 0 Å². The van der Waals surface area contributed by atoms with E-state index in [1.54, 1.807) is 0 Å². The normalized spacial score (nSPS) is 50.6. The van der Waals surface area contributed by atoms with Gasteiger partial charge in [0.2, 0.25) is 5.91 Å². The number of aliphatic carboxylic acids is 1. The number of carbonyl (C=O) groups excluding carboxylic acids is 1. The van der Waals surface area contributed by atoms with E-state index in [2.05, 4.69) is 9.50 Å². The summed E-state index contributed by atoms with van der Waals surface area (Å²) in [6.45, 7) is -1.19. The van der Waals surface area contributed by atoms with Crippen LogP contribution in [-0.4, -0.2) is 363 Å². The molecule has 0 saturated carbocycles. The quantitative estimate of drug-likeness (QED) is 0.0503. The van der Waals surface area contributed by atoms with Crippen LogP contribution in [-0.2, 0) is 85.8 Å². The van der Waals surface area contributed by atoms with E-state index in [9.17, 15) is 120 Å². The van der Waals surface area contributed by atoms with Crippen LogP contribution in [0.5, 0.6) is 0 Å². The van der Waals surface area contributed by atoms with Crippen LogP contribution in [0.25, 0.3) is 0 Å². The number of aliphatic hydroxyl groups is 18. The second kappa shape index (κ2) is 28.6. The maximum Gasteiger partial charge on any atom is 0.397 e. The lowest BCUT2D eigenvalue weighted by molar-refractivity contribution is -0.414. The molecule has 7 rings (SSSR count). The molecule has 7 fully saturated rings. The minimum Gasteiger partial charge on any atom is -0.479 e. The molecule has 40 heteroatoms. The van der Waals surface area contributed by atoms with E-state index >= 15 is 0 Å². The molecular formula is C44H73NO38S. The maximum atomic E-state index is 12.4. The van der Waals surface area contributed by atoms with Crippen LogP contribution in [0.2, 0.25) is 0 Å². The lowest BCUT2D eigenvalue weighted by Gasteiger charge is -2.52. The molecule has 0 radical (unpaired) electrons. The molecular weight excluding hydrogens is 1180 g/mol. The summed E-state index contributed by atoms with van der Waals surface area (Å²) in [5, 5.41) is 210. The SMILES string of the molecule is CC(=O)N[C@@H]1[C@@H](O[C@@H]2O[C@H](CO)[C@H](O[C@@H]3O[C@H](CO)[C@H](O[C@@H]4O[C@H](CO)[C@H](O)[C@H](O)[C@H]4O[C@@H]4O[C@@H](C)[C@@H](O)[C@@H](O)[C@@H]4O)[C@H](O[C@@H]4O[C@H](C(=O)O)[C@@H](O)[C@H](OS(=O)(=O)O)[C@H]4O)[C@H]3O)[C@H](O)[C@H]2O[C@@H]2O[C@@H](C)[C@@H](O)[C@@H](O)[C@@H]2O)[C@@H](O)[C@@H](CO)O[C@@H]1O. The first-order valence-corrected chi connectivity index (χ1v) is 27.4. The number of carbonyl (C=O) groups is 2. The Morgan fingerprint density at radius 2 is 0.810 bits per heavy atom. The molecule has 0 aliphatic carbocycles. The van der Waals surface area contributed by atoms with Crippen molar-refractivity contribution in [2.45, 2.75) is 236 Å². The summed E-state index contributed by atoms with van der Waals surface area (Å²) in [4.78, 5) is 24.7. The van der Waals surface area contributed by atoms with Crippen LogP contribution in [0.4, 0.5) is 0 Å². The first kappa shape index (κ1) is 69.1. The first-order chi connectivity index (χ1) is 39.4. The van der Waals surface area contributed by atoms with Gasteiger partial charge in [-0.25, -0.2) is 8.98 Å². The first-order valence-electron chi connectivity index (χ1n) is 26.0. The van der Waals surface area contributed by atoms with Gasteiger partial charge in [0.15, 0.2) is 50.1 Å². The number of hydrogen-bond donors (Lipinski definition) is 21. The lowest BCUT2D eigenvalue weighted by Crippen LogP contribution is -2.70. The van der Waals surface area contributed by atoms with Gasteiger partial charge < -0.3 is 164 Å². The number of carboxylic acid groups (broad SMARTS) is 1. The fraction of sp³-hybridized carbons (Fsp3) is 0.955. The molecule has 21 N–H and O–H groups in total. The largest absolute Gasteiger partial charge is 0.479 e. The van der Waals surface area contributed by atoms with Crippen molar-refractivity contribution in [1.29, 1.82) is 0 Å². The Bertz CT molecular complexity index is 2250. The standard InChI is InChI=1S/C44H73NO38S/c1-8-16(51)20(55)23(58)39(70-8)81-35-22(57)18(53)11(4-46)73-43(35)77-30-14(7-49)74-41(28(63)33(30)79-42-27(62)32(83-84(67,68)69)26(61)34(80-42)37(64)65)76-29-13(6-48)75-44(36(25(29)60)82-40-24(59)21(56)17(52)9(2)71-40)78-31-15(45-10(3)50)38(66)72-12(5-47)19(31)54/h8-9,11-36,38-44,46-49,51-63,66H,4-7H2,1-3H3,(H,45,50)(H,64,65)(H,67,68,69)/t8-,9-,11+,12+,13+,14+,15+,16+,17+,18-,19-,20+,21+,22-,23-,24-,25-,26-,27+,28+,29-,30-,31+,32-,33+,34-,35+,36+,38-,39-,40-,41-,42+,43-,44-/m0/s1. The van der Waals surface area contributed by atoms with Crippen LogP contribution in [0.1, 0.15) is 20.8 Å². The Hall–Kier alpha value is -2.43. The highest BCUT2D eigenvalue weighted by Crippen LogP contribution is 2.40. The average molecular weight is 1260 g/mol. The second-order valence-corrected chi connectivity index (χ2v) is 21.9. The monoisotopic (exact) mass is 1260 g/mol. The van der Waals surface area contributed by atoms with Crippen LogP contribution < -0.4 is 5.32 Å². The third-order valence-corrected chi connectivity index (χ3v) is 15.5. The van der Waals surface area contributed by atoms with Gasteiger partial charge in [-0.3, -0.25) is 9.35 Å². The van der Waals surface area contributed by atoms with Crippen molar-refractivity contribution in [1.82, 2.24) is 5.32 Å². The fourth-order valence-corrected chi connectivity index (χ4v) is 11.0. The van der Waals surface area contributed by atoms with Gasteiger partial charge in [-0.2, -0.15) is 8.42 Å². The van der Waals surface area contributed by atoms with E-state index in [4.69, 9.17) is 61.6 Å². The topological polar surface area (TPSA) is 614 Å². The molecule has 488 valence electrons. The molecule has 7 saturated heterocycles. The average Bonchev–Trinajstić information content (AvgIpc) is 1.32. The van der Waals surface area contributed by atoms with E-state index in [0.29, 0.717) is 0 Å². The molecule has 0 aromatic rings. The summed E-state index contributed by atoms with van der Waals surface area (Å²) in [5.74, 6) is -2.93. The Morgan fingerprint density at radius 1 is 0.405 bits per heavy atom. The molecule has 0 aromatic carbocycles. The van der Waals surface area contributed by atoms with Gasteiger partial charge in [-0.05, 0) is 13.8 Å². The number of nitrogens with one attached hydrogen (secondary N) is 1. The number of aliphatic hydroxyl groups excluding tert-OH is 18. The van der Waals surface area contributed by atoms with E-state index in [-0.39, 0.29) is 0 Å². The zero-order valence-electron chi connectivity index (χ0n) is 44.2. The smallest absolute Gasteiger partial charge is 0.397 e. The van der Waals surface area contributed by atoms with Gasteiger partial charge in [0, 0.05) is 6.92 Å². The Kier molecular flexibility index (Phi) is 23.5. The van der Waals surface area contributed by atoms with Gasteiger partial charge in [0.1, 0.15) is 153 Å². The van der Waals surface area contributed by atoms with E-state index in [1.165, 1.54) is 13.8 Å². The molecule has 7 heterocycles. The molecule has 0 bridgehead atoms. The zero-order valence-corrected chi connectivity index (χ0v) is 45.1.